The quantitative estimate of drug-likeness (QED) is 0.0661. The van der Waals surface area contributed by atoms with Gasteiger partial charge in [-0.15, -0.1) is 0 Å². The maximum absolute atomic E-state index is 11.6. The summed E-state index contributed by atoms with van der Waals surface area (Å²) >= 11 is 0. The van der Waals surface area contributed by atoms with E-state index < -0.39 is 22.9 Å². The van der Waals surface area contributed by atoms with Crippen LogP contribution in [0.5, 0.6) is 11.5 Å². The molecule has 2 aromatic carbocycles. The average Bonchev–Trinajstić information content (AvgIpc) is 2.97. The SMILES string of the molecule is CN(C)Cc1cccc(OCCCN=C(C[N+](=O)[O-])N(CCCCN)C(C[N+](=O)[O-])=NCCCOc2cccc(CN(C)C)c2)c1. The van der Waals surface area contributed by atoms with Crippen molar-refractivity contribution < 1.29 is 19.3 Å². The van der Waals surface area contributed by atoms with Crippen LogP contribution in [0.2, 0.25) is 0 Å². The Morgan fingerprint density at radius 1 is 0.739 bits per heavy atom. The lowest BCUT2D eigenvalue weighted by Crippen LogP contribution is -2.44. The number of nitro groups is 2. The molecule has 0 bridgehead atoms. The first kappa shape index (κ1) is 38.0. The van der Waals surface area contributed by atoms with Gasteiger partial charge in [-0.1, -0.05) is 24.3 Å². The van der Waals surface area contributed by atoms with E-state index in [4.69, 9.17) is 15.2 Å². The molecule has 0 fully saturated rings. The van der Waals surface area contributed by atoms with Crippen molar-refractivity contribution in [1.29, 1.82) is 0 Å². The summed E-state index contributed by atoms with van der Waals surface area (Å²) in [4.78, 5) is 37.0. The van der Waals surface area contributed by atoms with Gasteiger partial charge in [0.25, 0.3) is 13.1 Å². The molecule has 0 unspecified atom stereocenters. The molecule has 0 spiro atoms. The molecule has 0 amide bonds. The van der Waals surface area contributed by atoms with Crippen LogP contribution >= 0.6 is 0 Å². The van der Waals surface area contributed by atoms with E-state index in [0.29, 0.717) is 45.4 Å². The summed E-state index contributed by atoms with van der Waals surface area (Å²) in [6.45, 7) is 2.34. The summed E-state index contributed by atoms with van der Waals surface area (Å²) in [5, 5.41) is 23.3. The zero-order valence-electron chi connectivity index (χ0n) is 27.7. The number of aliphatic imine (C=N–C) groups is 2. The Morgan fingerprint density at radius 2 is 1.20 bits per heavy atom. The fraction of sp³-hybridized carbons (Fsp3) is 0.562. The van der Waals surface area contributed by atoms with E-state index in [-0.39, 0.29) is 31.3 Å². The van der Waals surface area contributed by atoms with Crippen molar-refractivity contribution in [1.82, 2.24) is 14.7 Å². The second-order valence-electron chi connectivity index (χ2n) is 11.4. The first-order valence-corrected chi connectivity index (χ1v) is 15.6. The Balaban J connectivity index is 2.11. The Morgan fingerprint density at radius 3 is 1.59 bits per heavy atom. The highest BCUT2D eigenvalue weighted by molar-refractivity contribution is 6.01. The fourth-order valence-electron chi connectivity index (χ4n) is 4.62. The van der Waals surface area contributed by atoms with E-state index in [9.17, 15) is 20.2 Å². The van der Waals surface area contributed by atoms with Gasteiger partial charge in [-0.05, 0) is 83.0 Å². The fourth-order valence-corrected chi connectivity index (χ4v) is 4.62. The minimum Gasteiger partial charge on any atom is -0.494 e. The minimum atomic E-state index is -0.584. The zero-order chi connectivity index (χ0) is 33.7. The second kappa shape index (κ2) is 21.6. The molecule has 0 atom stereocenters. The molecular formula is C32H50N8O6. The van der Waals surface area contributed by atoms with E-state index >= 15 is 0 Å². The molecule has 254 valence electrons. The van der Waals surface area contributed by atoms with Gasteiger partial charge in [-0.25, -0.2) is 0 Å². The first-order chi connectivity index (χ1) is 22.1. The monoisotopic (exact) mass is 642 g/mol. The van der Waals surface area contributed by atoms with E-state index in [0.717, 1.165) is 35.7 Å². The largest absolute Gasteiger partial charge is 0.494 e. The lowest BCUT2D eigenvalue weighted by Gasteiger charge is -2.24. The van der Waals surface area contributed by atoms with Crippen LogP contribution < -0.4 is 15.2 Å². The molecule has 46 heavy (non-hydrogen) atoms. The predicted molar refractivity (Wildman–Crippen MR) is 181 cm³/mol. The van der Waals surface area contributed by atoms with Gasteiger partial charge in [-0.3, -0.25) is 30.2 Å². The number of benzene rings is 2. The molecule has 14 heteroatoms. The summed E-state index contributed by atoms with van der Waals surface area (Å²) in [5.74, 6) is 1.74. The van der Waals surface area contributed by atoms with Crippen molar-refractivity contribution in [3.05, 3.63) is 79.9 Å². The van der Waals surface area contributed by atoms with Crippen molar-refractivity contribution in [2.24, 2.45) is 15.7 Å². The van der Waals surface area contributed by atoms with Crippen molar-refractivity contribution in [3.8, 4) is 11.5 Å². The van der Waals surface area contributed by atoms with Crippen LogP contribution in [0.25, 0.3) is 0 Å². The molecule has 0 heterocycles. The first-order valence-electron chi connectivity index (χ1n) is 15.6. The Kier molecular flexibility index (Phi) is 17.8. The second-order valence-corrected chi connectivity index (χ2v) is 11.4. The Labute approximate surface area is 272 Å². The van der Waals surface area contributed by atoms with Gasteiger partial charge in [0.2, 0.25) is 0 Å². The molecule has 14 nitrogen and oxygen atoms in total. The van der Waals surface area contributed by atoms with Gasteiger partial charge in [0.05, 0.1) is 13.2 Å². The standard InChI is InChI=1S/C32H50N8O6/c1-36(2)23-27-11-7-13-29(21-27)45-19-9-16-34-31(25-39(41)42)38(18-6-5-15-33)32(26-40(43)44)35-17-10-20-46-30-14-8-12-28(22-30)24-37(3)4/h7-8,11-14,21-22H,5-6,9-10,15-20,23-26,33H2,1-4H3. The number of hydrogen-bond donors (Lipinski definition) is 1. The maximum Gasteiger partial charge on any atom is 0.260 e. The van der Waals surface area contributed by atoms with Gasteiger partial charge < -0.3 is 29.9 Å². The normalized spacial score (nSPS) is 12.1. The molecule has 0 aliphatic rings. The van der Waals surface area contributed by atoms with Crippen LogP contribution in [0.1, 0.15) is 36.8 Å². The number of rotatable bonds is 22. The Bertz CT molecular complexity index is 1180. The van der Waals surface area contributed by atoms with Crippen molar-refractivity contribution in [2.75, 3.05) is 80.7 Å². The number of unbranched alkanes of at least 4 members (excludes halogenated alkanes) is 1. The number of nitrogens with two attached hydrogens (primary N) is 1. The van der Waals surface area contributed by atoms with Crippen molar-refractivity contribution in [3.63, 3.8) is 0 Å². The van der Waals surface area contributed by atoms with Crippen LogP contribution in [-0.2, 0) is 13.1 Å². The van der Waals surface area contributed by atoms with Gasteiger partial charge in [0.1, 0.15) is 11.5 Å². The molecule has 2 rings (SSSR count). The van der Waals surface area contributed by atoms with E-state index in [1.807, 2.05) is 76.7 Å². The van der Waals surface area contributed by atoms with Crippen molar-refractivity contribution in [2.45, 2.75) is 38.8 Å². The summed E-state index contributed by atoms with van der Waals surface area (Å²) < 4.78 is 11.8. The molecule has 0 aliphatic carbocycles. The summed E-state index contributed by atoms with van der Waals surface area (Å²) in [7, 11) is 7.99. The van der Waals surface area contributed by atoms with Gasteiger partial charge in [-0.2, -0.15) is 0 Å². The van der Waals surface area contributed by atoms with Crippen molar-refractivity contribution >= 4 is 11.7 Å². The highest BCUT2D eigenvalue weighted by atomic mass is 16.6. The highest BCUT2D eigenvalue weighted by Crippen LogP contribution is 2.16. The van der Waals surface area contributed by atoms with Crippen LogP contribution in [0.15, 0.2) is 58.5 Å². The molecule has 2 aromatic rings. The zero-order valence-corrected chi connectivity index (χ0v) is 27.7. The third-order valence-corrected chi connectivity index (χ3v) is 6.53. The van der Waals surface area contributed by atoms with E-state index in [2.05, 4.69) is 19.8 Å². The molecule has 2 N–H and O–H groups in total. The van der Waals surface area contributed by atoms with Crippen LogP contribution in [0, 0.1) is 20.2 Å². The van der Waals surface area contributed by atoms with Gasteiger partial charge >= 0.3 is 0 Å². The van der Waals surface area contributed by atoms with E-state index in [1.165, 1.54) is 4.90 Å². The van der Waals surface area contributed by atoms with Crippen LogP contribution in [0.3, 0.4) is 0 Å². The molecular weight excluding hydrogens is 592 g/mol. The summed E-state index contributed by atoms with van der Waals surface area (Å²) in [5.41, 5.74) is 7.94. The number of ether oxygens (including phenoxy) is 2. The average molecular weight is 643 g/mol. The summed E-state index contributed by atoms with van der Waals surface area (Å²) in [6.07, 6.45) is 2.23. The maximum atomic E-state index is 11.6. The third-order valence-electron chi connectivity index (χ3n) is 6.53. The molecule has 0 radical (unpaired) electrons. The molecule has 0 aliphatic heterocycles. The van der Waals surface area contributed by atoms with Crippen LogP contribution in [0.4, 0.5) is 0 Å². The lowest BCUT2D eigenvalue weighted by molar-refractivity contribution is -0.466. The molecule has 0 aromatic heterocycles. The predicted octanol–water partition coefficient (Wildman–Crippen LogP) is 3.44. The van der Waals surface area contributed by atoms with Gasteiger partial charge in [0, 0.05) is 55.4 Å². The number of hydrogen-bond acceptors (Lipinski definition) is 11. The van der Waals surface area contributed by atoms with E-state index in [1.54, 1.807) is 0 Å². The smallest absolute Gasteiger partial charge is 0.260 e. The highest BCUT2D eigenvalue weighted by Gasteiger charge is 2.24. The lowest BCUT2D eigenvalue weighted by atomic mass is 10.2. The third kappa shape index (κ3) is 16.3. The minimum absolute atomic E-state index is 0.129. The van der Waals surface area contributed by atoms with Crippen LogP contribution in [-0.4, -0.2) is 117 Å². The molecule has 0 saturated carbocycles. The molecule has 0 saturated heterocycles. The topological polar surface area (TPSA) is 165 Å². The van der Waals surface area contributed by atoms with Gasteiger partial charge in [0.15, 0.2) is 11.7 Å². The number of amidine groups is 2. The Hall–Kier alpha value is -4.14. The summed E-state index contributed by atoms with van der Waals surface area (Å²) in [6, 6.07) is 15.7. The number of nitrogens with zero attached hydrogens (tertiary/aromatic N) is 7.